The van der Waals surface area contributed by atoms with E-state index in [0.29, 0.717) is 13.2 Å². The summed E-state index contributed by atoms with van der Waals surface area (Å²) in [6, 6.07) is 0. The molecule has 128 valence electrons. The third-order valence-electron chi connectivity index (χ3n) is 3.80. The van der Waals surface area contributed by atoms with Gasteiger partial charge in [-0.15, -0.1) is 0 Å². The summed E-state index contributed by atoms with van der Waals surface area (Å²) in [6.07, 6.45) is 3.92. The molecule has 1 fully saturated rings. The second kappa shape index (κ2) is 11.3. The highest BCUT2D eigenvalue weighted by Crippen LogP contribution is 2.18. The minimum absolute atomic E-state index is 0.0340. The highest BCUT2D eigenvalue weighted by atomic mass is 16.5. The smallest absolute Gasteiger partial charge is 0.309 e. The number of nitrogens with zero attached hydrogens (tertiary/aromatic N) is 2. The van der Waals surface area contributed by atoms with E-state index >= 15 is 0 Å². The van der Waals surface area contributed by atoms with E-state index in [2.05, 4.69) is 22.1 Å². The Labute approximate surface area is 134 Å². The number of carbonyl (C=O) groups excluding carboxylic acids is 1. The van der Waals surface area contributed by atoms with E-state index in [1.165, 1.54) is 0 Å². The first-order chi connectivity index (χ1) is 10.7. The van der Waals surface area contributed by atoms with Crippen LogP contribution in [0.3, 0.4) is 0 Å². The number of piperidine rings is 1. The fourth-order valence-electron chi connectivity index (χ4n) is 2.50. The van der Waals surface area contributed by atoms with Crippen LogP contribution < -0.4 is 5.32 Å². The van der Waals surface area contributed by atoms with Gasteiger partial charge in [0.1, 0.15) is 0 Å². The second-order valence-corrected chi connectivity index (χ2v) is 5.45. The lowest BCUT2D eigenvalue weighted by molar-refractivity contribution is -0.149. The van der Waals surface area contributed by atoms with Gasteiger partial charge in [0.25, 0.3) is 0 Å². The van der Waals surface area contributed by atoms with Crippen LogP contribution >= 0.6 is 0 Å². The zero-order valence-corrected chi connectivity index (χ0v) is 14.3. The number of ether oxygens (including phenoxy) is 2. The minimum Gasteiger partial charge on any atom is -0.466 e. The lowest BCUT2D eigenvalue weighted by Crippen LogP contribution is -2.47. The van der Waals surface area contributed by atoms with Crippen molar-refractivity contribution >= 4 is 11.9 Å². The Hall–Kier alpha value is -1.30. The van der Waals surface area contributed by atoms with Crippen molar-refractivity contribution in [3.05, 3.63) is 0 Å². The van der Waals surface area contributed by atoms with Crippen molar-refractivity contribution < 1.29 is 14.3 Å². The van der Waals surface area contributed by atoms with E-state index in [1.54, 1.807) is 7.05 Å². The molecule has 6 nitrogen and oxygen atoms in total. The molecule has 0 aliphatic carbocycles. The molecule has 1 N–H and O–H groups in total. The summed E-state index contributed by atoms with van der Waals surface area (Å²) >= 11 is 0. The van der Waals surface area contributed by atoms with E-state index in [1.807, 2.05) is 6.92 Å². The number of likely N-dealkylation sites (tertiary alicyclic amines) is 1. The molecule has 1 aliphatic heterocycles. The number of hydrogen-bond acceptors (Lipinski definition) is 4. The molecule has 0 spiro atoms. The van der Waals surface area contributed by atoms with Crippen molar-refractivity contribution in [3.63, 3.8) is 0 Å². The van der Waals surface area contributed by atoms with Gasteiger partial charge >= 0.3 is 5.97 Å². The van der Waals surface area contributed by atoms with Crippen LogP contribution in [-0.2, 0) is 14.3 Å². The Kier molecular flexibility index (Phi) is 9.62. The molecule has 1 aliphatic rings. The maximum Gasteiger partial charge on any atom is 0.309 e. The van der Waals surface area contributed by atoms with Crippen molar-refractivity contribution in [1.29, 1.82) is 0 Å². The summed E-state index contributed by atoms with van der Waals surface area (Å²) in [6.45, 7) is 8.40. The third kappa shape index (κ3) is 6.64. The monoisotopic (exact) mass is 313 g/mol. The van der Waals surface area contributed by atoms with E-state index < -0.39 is 0 Å². The summed E-state index contributed by atoms with van der Waals surface area (Å²) in [5, 5.41) is 3.32. The summed E-state index contributed by atoms with van der Waals surface area (Å²) < 4.78 is 10.6. The molecule has 0 aromatic carbocycles. The lowest BCUT2D eigenvalue weighted by atomic mass is 9.97. The highest BCUT2D eigenvalue weighted by molar-refractivity contribution is 5.80. The average molecular weight is 313 g/mol. The van der Waals surface area contributed by atoms with Crippen LogP contribution in [0, 0.1) is 5.92 Å². The van der Waals surface area contributed by atoms with Crippen LogP contribution in [0.25, 0.3) is 0 Å². The number of aliphatic imine (C=N–C) groups is 1. The number of hydrogen-bond donors (Lipinski definition) is 1. The number of unbranched alkanes of at least 4 members (excludes halogenated alkanes) is 1. The molecule has 6 heteroatoms. The van der Waals surface area contributed by atoms with Crippen LogP contribution in [0.2, 0.25) is 0 Å². The molecule has 0 aromatic heterocycles. The van der Waals surface area contributed by atoms with E-state index in [4.69, 9.17) is 9.47 Å². The zero-order valence-electron chi connectivity index (χ0n) is 14.3. The average Bonchev–Trinajstić information content (AvgIpc) is 2.55. The molecule has 22 heavy (non-hydrogen) atoms. The lowest BCUT2D eigenvalue weighted by Gasteiger charge is -2.33. The number of esters is 1. The molecule has 1 saturated heterocycles. The van der Waals surface area contributed by atoms with Crippen LogP contribution in [0.1, 0.15) is 39.5 Å². The molecule has 0 radical (unpaired) electrons. The largest absolute Gasteiger partial charge is 0.466 e. The van der Waals surface area contributed by atoms with E-state index in [0.717, 1.165) is 57.9 Å². The topological polar surface area (TPSA) is 63.2 Å². The zero-order chi connectivity index (χ0) is 16.2. The van der Waals surface area contributed by atoms with Crippen molar-refractivity contribution in [2.24, 2.45) is 10.9 Å². The van der Waals surface area contributed by atoms with Crippen LogP contribution in [0.4, 0.5) is 0 Å². The van der Waals surface area contributed by atoms with E-state index in [-0.39, 0.29) is 11.9 Å². The Bertz CT molecular complexity index is 340. The Morgan fingerprint density at radius 1 is 1.27 bits per heavy atom. The quantitative estimate of drug-likeness (QED) is 0.319. The standard InChI is InChI=1S/C16H31N3O3/c1-4-6-12-21-13-9-18-16(17-3)19-10-7-14(8-11-19)15(20)22-5-2/h14H,4-13H2,1-3H3,(H,17,18). The highest BCUT2D eigenvalue weighted by Gasteiger charge is 2.27. The SMILES string of the molecule is CCCCOCCNC(=NC)N1CCC(C(=O)OCC)CC1. The molecule has 0 unspecified atom stereocenters. The van der Waals surface area contributed by atoms with Crippen molar-refractivity contribution in [3.8, 4) is 0 Å². The molecule has 0 atom stereocenters. The predicted octanol–water partition coefficient (Wildman–Crippen LogP) is 1.65. The van der Waals surface area contributed by atoms with Gasteiger partial charge in [-0.3, -0.25) is 9.79 Å². The maximum absolute atomic E-state index is 11.7. The summed E-state index contributed by atoms with van der Waals surface area (Å²) in [5.41, 5.74) is 0. The Morgan fingerprint density at radius 3 is 2.59 bits per heavy atom. The first-order valence-electron chi connectivity index (χ1n) is 8.42. The van der Waals surface area contributed by atoms with Crippen LogP contribution in [0.5, 0.6) is 0 Å². The molecule has 1 heterocycles. The van der Waals surface area contributed by atoms with Gasteiger partial charge in [0, 0.05) is 33.3 Å². The van der Waals surface area contributed by atoms with Crippen molar-refractivity contribution in [1.82, 2.24) is 10.2 Å². The number of nitrogens with one attached hydrogen (secondary N) is 1. The Morgan fingerprint density at radius 2 is 2.00 bits per heavy atom. The molecule has 0 saturated carbocycles. The molecule has 0 bridgehead atoms. The number of carbonyl (C=O) groups is 1. The van der Waals surface area contributed by atoms with Crippen LogP contribution in [0.15, 0.2) is 4.99 Å². The molecular weight excluding hydrogens is 282 g/mol. The normalized spacial score (nSPS) is 16.7. The van der Waals surface area contributed by atoms with Crippen molar-refractivity contribution in [2.75, 3.05) is 46.5 Å². The Balaban J connectivity index is 2.24. The van der Waals surface area contributed by atoms with Crippen LogP contribution in [-0.4, -0.2) is 63.3 Å². The minimum atomic E-state index is -0.0607. The van der Waals surface area contributed by atoms with Crippen molar-refractivity contribution in [2.45, 2.75) is 39.5 Å². The fourth-order valence-corrected chi connectivity index (χ4v) is 2.50. The third-order valence-corrected chi connectivity index (χ3v) is 3.80. The van der Waals surface area contributed by atoms with Gasteiger partial charge in [-0.1, -0.05) is 13.3 Å². The van der Waals surface area contributed by atoms with Gasteiger partial charge in [0.05, 0.1) is 19.1 Å². The predicted molar refractivity (Wildman–Crippen MR) is 88.0 cm³/mol. The first kappa shape index (κ1) is 18.7. The summed E-state index contributed by atoms with van der Waals surface area (Å²) in [4.78, 5) is 18.2. The first-order valence-corrected chi connectivity index (χ1v) is 8.42. The van der Waals surface area contributed by atoms with Gasteiger partial charge in [0.2, 0.25) is 0 Å². The summed E-state index contributed by atoms with van der Waals surface area (Å²) in [5.74, 6) is 0.863. The number of rotatable bonds is 8. The van der Waals surface area contributed by atoms with Gasteiger partial charge in [0.15, 0.2) is 5.96 Å². The summed E-state index contributed by atoms with van der Waals surface area (Å²) in [7, 11) is 1.79. The molecule has 0 amide bonds. The van der Waals surface area contributed by atoms with Gasteiger partial charge in [-0.05, 0) is 26.2 Å². The van der Waals surface area contributed by atoms with Gasteiger partial charge < -0.3 is 19.7 Å². The molecule has 0 aromatic rings. The fraction of sp³-hybridized carbons (Fsp3) is 0.875. The maximum atomic E-state index is 11.7. The van der Waals surface area contributed by atoms with E-state index in [9.17, 15) is 4.79 Å². The van der Waals surface area contributed by atoms with Gasteiger partial charge in [-0.2, -0.15) is 0 Å². The molecular formula is C16H31N3O3. The molecule has 1 rings (SSSR count). The second-order valence-electron chi connectivity index (χ2n) is 5.45. The van der Waals surface area contributed by atoms with Gasteiger partial charge in [-0.25, -0.2) is 0 Å². The number of guanidine groups is 1.